The molecule has 1 heterocycles. The molecule has 2 aromatic rings. The third kappa shape index (κ3) is 4.46. The van der Waals surface area contributed by atoms with Crippen LogP contribution >= 0.6 is 11.8 Å². The maximum Gasteiger partial charge on any atom is 0.232 e. The number of carbonyl (C=O) groups excluding carboxylic acids is 1. The molecule has 2 rings (SSSR count). The summed E-state index contributed by atoms with van der Waals surface area (Å²) in [6.45, 7) is 4.78. The Morgan fingerprint density at radius 2 is 2.17 bits per heavy atom. The van der Waals surface area contributed by atoms with Gasteiger partial charge in [0.15, 0.2) is 11.0 Å². The van der Waals surface area contributed by atoms with Gasteiger partial charge in [0.25, 0.3) is 0 Å². The number of amides is 1. The fraction of sp³-hybridized carbons (Fsp3) is 0.294. The smallest absolute Gasteiger partial charge is 0.232 e. The number of hydrogen-bond acceptors (Lipinski definition) is 5. The summed E-state index contributed by atoms with van der Waals surface area (Å²) in [6.07, 6.45) is 2.11. The molecule has 0 aliphatic rings. The molecule has 1 amide bonds. The van der Waals surface area contributed by atoms with E-state index in [1.807, 2.05) is 41.0 Å². The lowest BCUT2D eigenvalue weighted by molar-refractivity contribution is -0.127. The van der Waals surface area contributed by atoms with Crippen LogP contribution < -0.4 is 0 Å². The monoisotopic (exact) mass is 341 g/mol. The second-order valence-corrected chi connectivity index (χ2v) is 6.03. The van der Waals surface area contributed by atoms with E-state index in [-0.39, 0.29) is 11.7 Å². The van der Waals surface area contributed by atoms with Gasteiger partial charge in [0.1, 0.15) is 0 Å². The molecule has 0 fully saturated rings. The number of nitriles is 1. The Kier molecular flexibility index (Phi) is 6.58. The van der Waals surface area contributed by atoms with Crippen LogP contribution in [0.1, 0.15) is 6.42 Å². The van der Waals surface area contributed by atoms with E-state index in [0.717, 1.165) is 11.4 Å². The number of hydrogen-bond donors (Lipinski definition) is 0. The molecule has 0 saturated heterocycles. The maximum absolute atomic E-state index is 12.1. The summed E-state index contributed by atoms with van der Waals surface area (Å²) in [6, 6.07) is 11.8. The van der Waals surface area contributed by atoms with Crippen LogP contribution in [0.15, 0.2) is 48.1 Å². The molecule has 0 saturated carbocycles. The van der Waals surface area contributed by atoms with Gasteiger partial charge in [-0.05, 0) is 0 Å². The number of thioether (sulfide) groups is 1. The molecule has 1 aromatic heterocycles. The van der Waals surface area contributed by atoms with Crippen molar-refractivity contribution in [3.05, 3.63) is 43.0 Å². The predicted molar refractivity (Wildman–Crippen MR) is 94.2 cm³/mol. The summed E-state index contributed by atoms with van der Waals surface area (Å²) in [5, 5.41) is 17.7. The van der Waals surface area contributed by atoms with Crippen molar-refractivity contribution in [1.29, 1.82) is 5.26 Å². The normalized spacial score (nSPS) is 10.2. The van der Waals surface area contributed by atoms with E-state index < -0.39 is 0 Å². The van der Waals surface area contributed by atoms with Crippen LogP contribution in [0.5, 0.6) is 0 Å². The highest BCUT2D eigenvalue weighted by Gasteiger charge is 2.16. The van der Waals surface area contributed by atoms with Crippen LogP contribution in [0.25, 0.3) is 11.4 Å². The molecule has 0 aliphatic heterocycles. The van der Waals surface area contributed by atoms with E-state index in [2.05, 4.69) is 16.8 Å². The van der Waals surface area contributed by atoms with E-state index in [9.17, 15) is 4.79 Å². The van der Waals surface area contributed by atoms with Gasteiger partial charge < -0.3 is 4.90 Å². The molecule has 0 unspecified atom stereocenters. The summed E-state index contributed by atoms with van der Waals surface area (Å²) in [5.41, 5.74) is 0.969. The molecule has 0 N–H and O–H groups in total. The quantitative estimate of drug-likeness (QED) is 0.545. The minimum atomic E-state index is -0.0373. The average Bonchev–Trinajstić information content (AvgIpc) is 3.01. The van der Waals surface area contributed by atoms with E-state index in [0.29, 0.717) is 24.7 Å². The van der Waals surface area contributed by atoms with Crippen LogP contribution in [0.4, 0.5) is 0 Å². The van der Waals surface area contributed by atoms with Gasteiger partial charge in [0, 0.05) is 25.7 Å². The van der Waals surface area contributed by atoms with Crippen molar-refractivity contribution in [3.63, 3.8) is 0 Å². The summed E-state index contributed by atoms with van der Waals surface area (Å²) < 4.78 is 1.94. The van der Waals surface area contributed by atoms with Crippen molar-refractivity contribution in [3.8, 4) is 17.5 Å². The van der Waals surface area contributed by atoms with Gasteiger partial charge in [-0.15, -0.1) is 16.8 Å². The zero-order valence-electron chi connectivity index (χ0n) is 13.6. The molecule has 124 valence electrons. The topological polar surface area (TPSA) is 74.8 Å². The Labute approximate surface area is 145 Å². The minimum Gasteiger partial charge on any atom is -0.344 e. The third-order valence-electron chi connectivity index (χ3n) is 3.37. The van der Waals surface area contributed by atoms with Crippen LogP contribution in [-0.2, 0) is 11.3 Å². The van der Waals surface area contributed by atoms with Crippen LogP contribution in [0.3, 0.4) is 0 Å². The fourth-order valence-electron chi connectivity index (χ4n) is 2.07. The Bertz CT molecular complexity index is 735. The van der Waals surface area contributed by atoms with Gasteiger partial charge in [-0.2, -0.15) is 5.26 Å². The number of aromatic nitrogens is 3. The van der Waals surface area contributed by atoms with Crippen LogP contribution in [-0.4, -0.2) is 44.9 Å². The standard InChI is InChI=1S/C17H19N5OS/c1-3-11-22-16(14-8-5-4-6-9-14)19-20-17(22)24-13-15(23)21(2)12-7-10-18/h3-6,8-9H,1,7,11-13H2,2H3. The minimum absolute atomic E-state index is 0.0373. The van der Waals surface area contributed by atoms with Crippen LogP contribution in [0.2, 0.25) is 0 Å². The number of rotatable bonds is 8. The Morgan fingerprint density at radius 1 is 1.42 bits per heavy atom. The van der Waals surface area contributed by atoms with E-state index in [1.165, 1.54) is 11.8 Å². The molecule has 7 heteroatoms. The second-order valence-electron chi connectivity index (χ2n) is 5.08. The van der Waals surface area contributed by atoms with Crippen molar-refractivity contribution < 1.29 is 4.79 Å². The average molecular weight is 341 g/mol. The van der Waals surface area contributed by atoms with E-state index >= 15 is 0 Å². The Morgan fingerprint density at radius 3 is 2.83 bits per heavy atom. The maximum atomic E-state index is 12.1. The number of carbonyl (C=O) groups is 1. The lowest BCUT2D eigenvalue weighted by atomic mass is 10.2. The number of allylic oxidation sites excluding steroid dienone is 1. The molecular formula is C17H19N5OS. The third-order valence-corrected chi connectivity index (χ3v) is 4.32. The first-order valence-electron chi connectivity index (χ1n) is 7.50. The summed E-state index contributed by atoms with van der Waals surface area (Å²) in [5.74, 6) is 0.972. The summed E-state index contributed by atoms with van der Waals surface area (Å²) in [4.78, 5) is 13.6. The highest BCUT2D eigenvalue weighted by atomic mass is 32.2. The first-order valence-corrected chi connectivity index (χ1v) is 8.49. The summed E-state index contributed by atoms with van der Waals surface area (Å²) >= 11 is 1.34. The zero-order chi connectivity index (χ0) is 17.4. The molecule has 1 aromatic carbocycles. The number of benzene rings is 1. The van der Waals surface area contributed by atoms with Crippen LogP contribution in [0, 0.1) is 11.3 Å². The lowest BCUT2D eigenvalue weighted by Gasteiger charge is -2.15. The van der Waals surface area contributed by atoms with Crippen molar-refractivity contribution in [1.82, 2.24) is 19.7 Å². The van der Waals surface area contributed by atoms with E-state index in [4.69, 9.17) is 5.26 Å². The first-order chi connectivity index (χ1) is 11.7. The SMILES string of the molecule is C=CCn1c(SCC(=O)N(C)CCC#N)nnc1-c1ccccc1. The van der Waals surface area contributed by atoms with Crippen molar-refractivity contribution in [2.24, 2.45) is 0 Å². The largest absolute Gasteiger partial charge is 0.344 e. The fourth-order valence-corrected chi connectivity index (χ4v) is 2.96. The molecule has 6 nitrogen and oxygen atoms in total. The molecule has 0 bridgehead atoms. The van der Waals surface area contributed by atoms with Gasteiger partial charge in [0.2, 0.25) is 5.91 Å². The second kappa shape index (κ2) is 8.89. The first kappa shape index (κ1) is 17.8. The van der Waals surface area contributed by atoms with Gasteiger partial charge >= 0.3 is 0 Å². The van der Waals surface area contributed by atoms with Gasteiger partial charge in [-0.25, -0.2) is 0 Å². The Balaban J connectivity index is 2.11. The lowest BCUT2D eigenvalue weighted by Crippen LogP contribution is -2.29. The Hall–Kier alpha value is -2.59. The van der Waals surface area contributed by atoms with Crippen molar-refractivity contribution in [2.45, 2.75) is 18.1 Å². The molecule has 0 atom stereocenters. The van der Waals surface area contributed by atoms with Gasteiger partial charge in [0.05, 0.1) is 18.2 Å². The molecule has 0 aliphatic carbocycles. The zero-order valence-corrected chi connectivity index (χ0v) is 14.4. The number of nitrogens with zero attached hydrogens (tertiary/aromatic N) is 5. The van der Waals surface area contributed by atoms with Gasteiger partial charge in [-0.1, -0.05) is 48.2 Å². The highest BCUT2D eigenvalue weighted by molar-refractivity contribution is 7.99. The molecule has 24 heavy (non-hydrogen) atoms. The molecule has 0 radical (unpaired) electrons. The molecule has 0 spiro atoms. The van der Waals surface area contributed by atoms with E-state index in [1.54, 1.807) is 18.0 Å². The molecular weight excluding hydrogens is 322 g/mol. The van der Waals surface area contributed by atoms with Crippen molar-refractivity contribution in [2.75, 3.05) is 19.3 Å². The highest BCUT2D eigenvalue weighted by Crippen LogP contribution is 2.24. The van der Waals surface area contributed by atoms with Gasteiger partial charge in [-0.3, -0.25) is 9.36 Å². The predicted octanol–water partition coefficient (Wildman–Crippen LogP) is 2.60. The summed E-state index contributed by atoms with van der Waals surface area (Å²) in [7, 11) is 1.70. The van der Waals surface area contributed by atoms with Crippen molar-refractivity contribution >= 4 is 17.7 Å².